The van der Waals surface area contributed by atoms with Gasteiger partial charge in [0.15, 0.2) is 5.82 Å². The SMILES string of the molecule is Cc1nc(NN)c2c(C)c(C(=O)OC(C)C)sc2n1. The number of thiophene rings is 1. The number of nitrogens with one attached hydrogen (secondary N) is 1. The van der Waals surface area contributed by atoms with Crippen LogP contribution in [0.3, 0.4) is 0 Å². The molecule has 3 N–H and O–H groups in total. The highest BCUT2D eigenvalue weighted by molar-refractivity contribution is 7.20. The van der Waals surface area contributed by atoms with Crippen LogP contribution in [0, 0.1) is 13.8 Å². The topological polar surface area (TPSA) is 90.1 Å². The molecule has 102 valence electrons. The number of carbonyl (C=O) groups excluding carboxylic acids is 1. The standard InChI is InChI=1S/C12H16N4O2S/c1-5(2)18-12(17)9-6(3)8-10(16-13)14-7(4)15-11(8)19-9/h5H,13H2,1-4H3,(H,14,15,16). The number of ether oxygens (including phenoxy) is 1. The average molecular weight is 280 g/mol. The quantitative estimate of drug-likeness (QED) is 0.508. The Bertz CT molecular complexity index is 636. The van der Waals surface area contributed by atoms with Crippen molar-refractivity contribution in [1.82, 2.24) is 9.97 Å². The monoisotopic (exact) mass is 280 g/mol. The number of aryl methyl sites for hydroxylation is 2. The van der Waals surface area contributed by atoms with Gasteiger partial charge < -0.3 is 10.2 Å². The highest BCUT2D eigenvalue weighted by Gasteiger charge is 2.21. The Morgan fingerprint density at radius 3 is 2.63 bits per heavy atom. The third-order valence-corrected chi connectivity index (χ3v) is 3.73. The minimum absolute atomic E-state index is 0.156. The zero-order chi connectivity index (χ0) is 14.2. The van der Waals surface area contributed by atoms with Crippen molar-refractivity contribution < 1.29 is 9.53 Å². The van der Waals surface area contributed by atoms with Crippen LogP contribution in [0.5, 0.6) is 0 Å². The Morgan fingerprint density at radius 2 is 2.05 bits per heavy atom. The van der Waals surface area contributed by atoms with Gasteiger partial charge in [0, 0.05) is 0 Å². The van der Waals surface area contributed by atoms with Gasteiger partial charge in [0.2, 0.25) is 0 Å². The molecule has 0 fully saturated rings. The molecule has 0 aromatic carbocycles. The minimum Gasteiger partial charge on any atom is -0.459 e. The molecular weight excluding hydrogens is 264 g/mol. The fourth-order valence-electron chi connectivity index (χ4n) is 1.81. The van der Waals surface area contributed by atoms with Crippen LogP contribution in [0.25, 0.3) is 10.2 Å². The molecule has 0 unspecified atom stereocenters. The molecule has 0 bridgehead atoms. The Labute approximate surface area is 115 Å². The van der Waals surface area contributed by atoms with E-state index in [-0.39, 0.29) is 12.1 Å². The summed E-state index contributed by atoms with van der Waals surface area (Å²) in [5, 5.41) is 0.772. The summed E-state index contributed by atoms with van der Waals surface area (Å²) in [6.45, 7) is 7.26. The first-order chi connectivity index (χ1) is 8.93. The maximum Gasteiger partial charge on any atom is 0.348 e. The Balaban J connectivity index is 2.59. The second kappa shape index (κ2) is 5.10. The van der Waals surface area contributed by atoms with Gasteiger partial charge >= 0.3 is 5.97 Å². The van der Waals surface area contributed by atoms with Gasteiger partial charge in [0.25, 0.3) is 0 Å². The van der Waals surface area contributed by atoms with Gasteiger partial charge in [-0.1, -0.05) is 0 Å². The first-order valence-corrected chi connectivity index (χ1v) is 6.71. The lowest BCUT2D eigenvalue weighted by atomic mass is 10.2. The second-order valence-corrected chi connectivity index (χ2v) is 5.45. The van der Waals surface area contributed by atoms with E-state index in [1.165, 1.54) is 11.3 Å². The molecule has 2 heterocycles. The van der Waals surface area contributed by atoms with Crippen LogP contribution in [-0.4, -0.2) is 22.0 Å². The first kappa shape index (κ1) is 13.7. The van der Waals surface area contributed by atoms with E-state index in [4.69, 9.17) is 10.6 Å². The lowest BCUT2D eigenvalue weighted by Gasteiger charge is -2.06. The first-order valence-electron chi connectivity index (χ1n) is 5.89. The fourth-order valence-corrected chi connectivity index (χ4v) is 2.92. The third kappa shape index (κ3) is 2.52. The lowest BCUT2D eigenvalue weighted by molar-refractivity contribution is 0.0383. The summed E-state index contributed by atoms with van der Waals surface area (Å²) in [4.78, 5) is 21.8. The van der Waals surface area contributed by atoms with Gasteiger partial charge in [-0.25, -0.2) is 20.6 Å². The molecule has 0 aliphatic carbocycles. The molecule has 19 heavy (non-hydrogen) atoms. The van der Waals surface area contributed by atoms with Crippen molar-refractivity contribution in [2.75, 3.05) is 5.43 Å². The van der Waals surface area contributed by atoms with Crippen molar-refractivity contribution in [3.8, 4) is 0 Å². The van der Waals surface area contributed by atoms with Crippen LogP contribution >= 0.6 is 11.3 Å². The summed E-state index contributed by atoms with van der Waals surface area (Å²) in [7, 11) is 0. The summed E-state index contributed by atoms with van der Waals surface area (Å²) in [6.07, 6.45) is -0.156. The Morgan fingerprint density at radius 1 is 1.37 bits per heavy atom. The van der Waals surface area contributed by atoms with Crippen LogP contribution in [0.15, 0.2) is 0 Å². The van der Waals surface area contributed by atoms with Crippen LogP contribution < -0.4 is 11.3 Å². The predicted octanol–water partition coefficient (Wildman–Crippen LogP) is 2.16. The van der Waals surface area contributed by atoms with E-state index in [2.05, 4.69) is 15.4 Å². The van der Waals surface area contributed by atoms with Gasteiger partial charge in [0.05, 0.1) is 11.5 Å². The summed E-state index contributed by atoms with van der Waals surface area (Å²) in [5.41, 5.74) is 3.34. The highest BCUT2D eigenvalue weighted by atomic mass is 32.1. The number of anilines is 1. The summed E-state index contributed by atoms with van der Waals surface area (Å²) in [5.74, 6) is 6.26. The number of hydrogen-bond acceptors (Lipinski definition) is 7. The van der Waals surface area contributed by atoms with Crippen molar-refractivity contribution in [2.24, 2.45) is 5.84 Å². The van der Waals surface area contributed by atoms with E-state index in [1.807, 2.05) is 20.8 Å². The summed E-state index contributed by atoms with van der Waals surface area (Å²) < 4.78 is 5.22. The molecule has 0 saturated carbocycles. The molecule has 0 amide bonds. The van der Waals surface area contributed by atoms with Crippen LogP contribution in [0.1, 0.15) is 34.9 Å². The second-order valence-electron chi connectivity index (χ2n) is 4.45. The molecule has 2 aromatic heterocycles. The van der Waals surface area contributed by atoms with Crippen LogP contribution in [-0.2, 0) is 4.74 Å². The third-order valence-electron chi connectivity index (χ3n) is 2.57. The molecule has 0 aliphatic rings. The molecule has 2 rings (SSSR count). The zero-order valence-electron chi connectivity index (χ0n) is 11.3. The molecule has 7 heteroatoms. The molecule has 2 aromatic rings. The number of fused-ring (bicyclic) bond motifs is 1. The van der Waals surface area contributed by atoms with Crippen molar-refractivity contribution in [3.05, 3.63) is 16.3 Å². The number of hydrogen-bond donors (Lipinski definition) is 2. The predicted molar refractivity (Wildman–Crippen MR) is 75.3 cm³/mol. The largest absolute Gasteiger partial charge is 0.459 e. The lowest BCUT2D eigenvalue weighted by Crippen LogP contribution is -2.12. The number of esters is 1. The average Bonchev–Trinajstić information content (AvgIpc) is 2.64. The molecular formula is C12H16N4O2S. The van der Waals surface area contributed by atoms with Gasteiger partial charge in [-0.2, -0.15) is 0 Å². The van der Waals surface area contributed by atoms with E-state index in [1.54, 1.807) is 6.92 Å². The van der Waals surface area contributed by atoms with Crippen LogP contribution in [0.2, 0.25) is 0 Å². The molecule has 6 nitrogen and oxygen atoms in total. The van der Waals surface area contributed by atoms with E-state index in [0.717, 1.165) is 15.8 Å². The van der Waals surface area contributed by atoms with E-state index >= 15 is 0 Å². The molecule has 0 radical (unpaired) electrons. The Hall–Kier alpha value is -1.73. The van der Waals surface area contributed by atoms with Gasteiger partial charge in [-0.15, -0.1) is 11.3 Å². The van der Waals surface area contributed by atoms with Crippen molar-refractivity contribution in [3.63, 3.8) is 0 Å². The van der Waals surface area contributed by atoms with E-state index < -0.39 is 0 Å². The van der Waals surface area contributed by atoms with Gasteiger partial charge in [0.1, 0.15) is 15.5 Å². The van der Waals surface area contributed by atoms with Gasteiger partial charge in [-0.05, 0) is 33.3 Å². The number of nitrogens with two attached hydrogens (primary N) is 1. The molecule has 0 saturated heterocycles. The fraction of sp³-hybridized carbons (Fsp3) is 0.417. The summed E-state index contributed by atoms with van der Waals surface area (Å²) >= 11 is 1.30. The summed E-state index contributed by atoms with van der Waals surface area (Å²) in [6, 6.07) is 0. The van der Waals surface area contributed by atoms with Crippen molar-refractivity contribution in [1.29, 1.82) is 0 Å². The Kier molecular flexibility index (Phi) is 3.68. The van der Waals surface area contributed by atoms with Crippen LogP contribution in [0.4, 0.5) is 5.82 Å². The number of carbonyl (C=O) groups is 1. The maximum atomic E-state index is 12.0. The van der Waals surface area contributed by atoms with Crippen molar-refractivity contribution >= 4 is 33.3 Å². The van der Waals surface area contributed by atoms with Crippen molar-refractivity contribution in [2.45, 2.75) is 33.8 Å². The molecule has 0 atom stereocenters. The van der Waals surface area contributed by atoms with E-state index in [0.29, 0.717) is 16.5 Å². The van der Waals surface area contributed by atoms with Gasteiger partial charge in [-0.3, -0.25) is 0 Å². The molecule has 0 spiro atoms. The number of nitrogens with zero attached hydrogens (tertiary/aromatic N) is 2. The number of rotatable bonds is 3. The normalized spacial score (nSPS) is 11.1. The van der Waals surface area contributed by atoms with E-state index in [9.17, 15) is 4.79 Å². The minimum atomic E-state index is -0.337. The zero-order valence-corrected chi connectivity index (χ0v) is 12.1. The maximum absolute atomic E-state index is 12.0. The number of hydrazine groups is 1. The number of nitrogen functional groups attached to an aromatic ring is 1. The number of aromatic nitrogens is 2. The highest BCUT2D eigenvalue weighted by Crippen LogP contribution is 2.34. The molecule has 0 aliphatic heterocycles. The smallest absolute Gasteiger partial charge is 0.348 e.